The number of hydrogen-bond acceptors (Lipinski definition) is 6. The molecule has 6 nitrogen and oxygen atoms in total. The molecule has 2 amide bonds. The minimum absolute atomic E-state index is 0.0500. The number of amides is 2. The maximum absolute atomic E-state index is 12.4. The van der Waals surface area contributed by atoms with Gasteiger partial charge < -0.3 is 10.1 Å². The lowest BCUT2D eigenvalue weighted by Crippen LogP contribution is -2.33. The third-order valence-electron chi connectivity index (χ3n) is 3.72. The van der Waals surface area contributed by atoms with Gasteiger partial charge in [0.2, 0.25) is 0 Å². The molecule has 7 heteroatoms. The predicted molar refractivity (Wildman–Crippen MR) is 101 cm³/mol. The van der Waals surface area contributed by atoms with E-state index in [0.717, 1.165) is 22.2 Å². The summed E-state index contributed by atoms with van der Waals surface area (Å²) in [5, 5.41) is 2.68. The molecule has 3 rings (SSSR count). The van der Waals surface area contributed by atoms with Gasteiger partial charge in [0.15, 0.2) is 0 Å². The molecule has 132 valence electrons. The number of thioether (sulfide) groups is 1. The van der Waals surface area contributed by atoms with Crippen molar-refractivity contribution in [3.8, 4) is 0 Å². The van der Waals surface area contributed by atoms with Gasteiger partial charge in [0.05, 0.1) is 24.2 Å². The molecular weight excluding hydrogens is 352 g/mol. The molecule has 2 aromatic carbocycles. The molecule has 26 heavy (non-hydrogen) atoms. The summed E-state index contributed by atoms with van der Waals surface area (Å²) in [4.78, 5) is 37.5. The molecule has 0 saturated carbocycles. The molecule has 0 aliphatic carbocycles. The highest BCUT2D eigenvalue weighted by molar-refractivity contribution is 8.18. The Kier molecular flexibility index (Phi) is 5.38. The van der Waals surface area contributed by atoms with Gasteiger partial charge >= 0.3 is 5.97 Å². The van der Waals surface area contributed by atoms with E-state index in [9.17, 15) is 14.4 Å². The second-order valence-electron chi connectivity index (χ2n) is 5.42. The van der Waals surface area contributed by atoms with Gasteiger partial charge in [0.25, 0.3) is 11.1 Å². The lowest BCUT2D eigenvalue weighted by atomic mass is 10.2. The van der Waals surface area contributed by atoms with Crippen molar-refractivity contribution in [2.24, 2.45) is 0 Å². The molecule has 0 bridgehead atoms. The molecule has 1 saturated heterocycles. The van der Waals surface area contributed by atoms with Crippen LogP contribution in [0.25, 0.3) is 6.08 Å². The molecule has 1 fully saturated rings. The smallest absolute Gasteiger partial charge is 0.337 e. The van der Waals surface area contributed by atoms with Gasteiger partial charge in [-0.15, -0.1) is 0 Å². The normalized spacial score (nSPS) is 15.4. The number of anilines is 1. The van der Waals surface area contributed by atoms with E-state index in [4.69, 9.17) is 0 Å². The number of ether oxygens (including phenoxy) is 1. The van der Waals surface area contributed by atoms with Crippen molar-refractivity contribution in [1.29, 1.82) is 0 Å². The molecular formula is C19H16N2O4S. The summed E-state index contributed by atoms with van der Waals surface area (Å²) < 4.78 is 4.64. The Balaban J connectivity index is 1.65. The first-order valence-corrected chi connectivity index (χ1v) is 8.63. The monoisotopic (exact) mass is 368 g/mol. The van der Waals surface area contributed by atoms with E-state index < -0.39 is 5.97 Å². The third kappa shape index (κ3) is 3.94. The molecule has 0 spiro atoms. The van der Waals surface area contributed by atoms with Gasteiger partial charge in [-0.05, 0) is 47.7 Å². The Morgan fingerprint density at radius 3 is 2.46 bits per heavy atom. The number of methoxy groups -OCH3 is 1. The fourth-order valence-corrected chi connectivity index (χ4v) is 3.19. The number of imide groups is 1. The zero-order valence-electron chi connectivity index (χ0n) is 14.0. The van der Waals surface area contributed by atoms with Crippen LogP contribution in [0.4, 0.5) is 10.5 Å². The zero-order valence-corrected chi connectivity index (χ0v) is 14.8. The van der Waals surface area contributed by atoms with Crippen LogP contribution in [0.15, 0.2) is 59.5 Å². The first kappa shape index (κ1) is 17.8. The van der Waals surface area contributed by atoms with Crippen LogP contribution in [0.1, 0.15) is 15.9 Å². The highest BCUT2D eigenvalue weighted by atomic mass is 32.2. The minimum atomic E-state index is -0.423. The van der Waals surface area contributed by atoms with Gasteiger partial charge in [-0.2, -0.15) is 0 Å². The molecule has 0 aromatic heterocycles. The summed E-state index contributed by atoms with van der Waals surface area (Å²) in [6.45, 7) is 0.0500. The maximum atomic E-state index is 12.4. The SMILES string of the molecule is COC(=O)c1ccc(NCN2C(=O)S/C(=C\c3ccccc3)C2=O)cc1. The van der Waals surface area contributed by atoms with Crippen LogP contribution in [0.5, 0.6) is 0 Å². The summed E-state index contributed by atoms with van der Waals surface area (Å²) >= 11 is 0.918. The fourth-order valence-electron chi connectivity index (χ4n) is 2.35. The van der Waals surface area contributed by atoms with Gasteiger partial charge in [0.1, 0.15) is 0 Å². The molecule has 2 aromatic rings. The summed E-state index contributed by atoms with van der Waals surface area (Å²) in [6.07, 6.45) is 1.70. The Bertz CT molecular complexity index is 863. The van der Waals surface area contributed by atoms with E-state index in [2.05, 4.69) is 10.1 Å². The number of rotatable bonds is 5. The van der Waals surface area contributed by atoms with Gasteiger partial charge in [-0.1, -0.05) is 30.3 Å². The minimum Gasteiger partial charge on any atom is -0.465 e. The van der Waals surface area contributed by atoms with E-state index >= 15 is 0 Å². The van der Waals surface area contributed by atoms with Crippen LogP contribution in [-0.4, -0.2) is 35.8 Å². The van der Waals surface area contributed by atoms with E-state index in [-0.39, 0.29) is 17.8 Å². The Morgan fingerprint density at radius 1 is 1.12 bits per heavy atom. The van der Waals surface area contributed by atoms with Crippen LogP contribution in [0, 0.1) is 0 Å². The summed E-state index contributed by atoms with van der Waals surface area (Å²) in [5.74, 6) is -0.754. The van der Waals surface area contributed by atoms with Gasteiger partial charge in [-0.25, -0.2) is 4.79 Å². The second kappa shape index (κ2) is 7.88. The Hall–Kier alpha value is -3.06. The van der Waals surface area contributed by atoms with Gasteiger partial charge in [-0.3, -0.25) is 14.5 Å². The Labute approximate surface area is 154 Å². The molecule has 1 aliphatic rings. The van der Waals surface area contributed by atoms with Crippen molar-refractivity contribution >= 4 is 40.6 Å². The van der Waals surface area contributed by atoms with E-state index in [1.165, 1.54) is 7.11 Å². The first-order chi connectivity index (χ1) is 12.6. The molecule has 1 heterocycles. The largest absolute Gasteiger partial charge is 0.465 e. The van der Waals surface area contributed by atoms with Crippen molar-refractivity contribution in [3.63, 3.8) is 0 Å². The quantitative estimate of drug-likeness (QED) is 0.642. The average Bonchev–Trinajstić information content (AvgIpc) is 2.93. The van der Waals surface area contributed by atoms with E-state index in [1.807, 2.05) is 30.3 Å². The van der Waals surface area contributed by atoms with Crippen molar-refractivity contribution in [2.75, 3.05) is 19.1 Å². The molecule has 1 aliphatic heterocycles. The van der Waals surface area contributed by atoms with Crippen LogP contribution in [-0.2, 0) is 9.53 Å². The number of carbonyl (C=O) groups excluding carboxylic acids is 3. The highest BCUT2D eigenvalue weighted by Gasteiger charge is 2.34. The summed E-state index contributed by atoms with van der Waals surface area (Å²) in [7, 11) is 1.32. The van der Waals surface area contributed by atoms with Crippen molar-refractivity contribution in [1.82, 2.24) is 4.90 Å². The standard InChI is InChI=1S/C19H16N2O4S/c1-25-18(23)14-7-9-15(10-8-14)20-12-21-17(22)16(26-19(21)24)11-13-5-3-2-4-6-13/h2-11,20H,12H2,1H3/b16-11-. The van der Waals surface area contributed by atoms with Crippen molar-refractivity contribution < 1.29 is 19.1 Å². The zero-order chi connectivity index (χ0) is 18.5. The van der Waals surface area contributed by atoms with Crippen LogP contribution >= 0.6 is 11.8 Å². The number of nitrogens with one attached hydrogen (secondary N) is 1. The number of esters is 1. The van der Waals surface area contributed by atoms with Crippen LogP contribution in [0.3, 0.4) is 0 Å². The lowest BCUT2D eigenvalue weighted by Gasteiger charge is -2.14. The average molecular weight is 368 g/mol. The summed E-state index contributed by atoms with van der Waals surface area (Å²) in [5.41, 5.74) is 1.98. The molecule has 0 unspecified atom stereocenters. The lowest BCUT2D eigenvalue weighted by molar-refractivity contribution is -0.122. The van der Waals surface area contributed by atoms with Crippen LogP contribution < -0.4 is 5.32 Å². The van der Waals surface area contributed by atoms with Gasteiger partial charge in [0, 0.05) is 5.69 Å². The third-order valence-corrected chi connectivity index (χ3v) is 4.63. The maximum Gasteiger partial charge on any atom is 0.337 e. The van der Waals surface area contributed by atoms with E-state index in [1.54, 1.807) is 30.3 Å². The highest BCUT2D eigenvalue weighted by Crippen LogP contribution is 2.32. The first-order valence-electron chi connectivity index (χ1n) is 7.81. The Morgan fingerprint density at radius 2 is 1.81 bits per heavy atom. The number of benzene rings is 2. The molecule has 0 atom stereocenters. The fraction of sp³-hybridized carbons (Fsp3) is 0.105. The number of hydrogen-bond donors (Lipinski definition) is 1. The number of nitrogens with zero attached hydrogens (tertiary/aromatic N) is 1. The predicted octanol–water partition coefficient (Wildman–Crippen LogP) is 3.58. The van der Waals surface area contributed by atoms with E-state index in [0.29, 0.717) is 16.2 Å². The molecule has 1 N–H and O–H groups in total. The number of carbonyl (C=O) groups is 3. The summed E-state index contributed by atoms with van der Waals surface area (Å²) in [6, 6.07) is 16.0. The van der Waals surface area contributed by atoms with Crippen molar-refractivity contribution in [3.05, 3.63) is 70.6 Å². The topological polar surface area (TPSA) is 75.7 Å². The second-order valence-corrected chi connectivity index (χ2v) is 6.42. The molecule has 0 radical (unpaired) electrons. The van der Waals surface area contributed by atoms with Crippen LogP contribution in [0.2, 0.25) is 0 Å². The van der Waals surface area contributed by atoms with Crippen molar-refractivity contribution in [2.45, 2.75) is 0 Å².